The van der Waals surface area contributed by atoms with Gasteiger partial charge in [0.2, 0.25) is 0 Å². The molecule has 1 unspecified atom stereocenters. The Bertz CT molecular complexity index is 1290. The number of anilines is 1. The lowest BCUT2D eigenvalue weighted by Gasteiger charge is -2.26. The number of fused-ring (bicyclic) bond motifs is 1. The highest BCUT2D eigenvalue weighted by molar-refractivity contribution is 5.95. The van der Waals surface area contributed by atoms with Crippen molar-refractivity contribution < 1.29 is 4.79 Å². The van der Waals surface area contributed by atoms with Gasteiger partial charge < -0.3 is 10.6 Å². The van der Waals surface area contributed by atoms with Crippen molar-refractivity contribution in [2.24, 2.45) is 0 Å². The highest BCUT2D eigenvalue weighted by Gasteiger charge is 2.20. The highest BCUT2D eigenvalue weighted by Crippen LogP contribution is 2.30. The normalized spacial score (nSPS) is 11.6. The average Bonchev–Trinajstić information content (AvgIpc) is 2.82. The Labute approximate surface area is 182 Å². The van der Waals surface area contributed by atoms with Crippen LogP contribution in [0.3, 0.4) is 0 Å². The van der Waals surface area contributed by atoms with Crippen LogP contribution in [0.25, 0.3) is 21.9 Å². The van der Waals surface area contributed by atoms with Crippen molar-refractivity contribution in [3.05, 3.63) is 102 Å². The fourth-order valence-corrected chi connectivity index (χ4v) is 3.82. The standard InChI is InChI=1S/C27H23N3O/c1-18(25-5-3-4-23-16-24(29)14-15-26(23)25)30(2)27(31)22-12-10-21(11-13-22)20-8-6-19(17-28)7-9-20/h3-16,18H,29H2,1-2H3. The summed E-state index contributed by atoms with van der Waals surface area (Å²) in [4.78, 5) is 14.9. The molecule has 2 N–H and O–H groups in total. The molecule has 0 fully saturated rings. The molecule has 4 aromatic carbocycles. The smallest absolute Gasteiger partial charge is 0.254 e. The van der Waals surface area contributed by atoms with Gasteiger partial charge in [0.1, 0.15) is 0 Å². The number of amides is 1. The molecule has 31 heavy (non-hydrogen) atoms. The maximum atomic E-state index is 13.2. The van der Waals surface area contributed by atoms with Crippen LogP contribution in [0, 0.1) is 11.3 Å². The topological polar surface area (TPSA) is 70.1 Å². The lowest BCUT2D eigenvalue weighted by Crippen LogP contribution is -2.29. The van der Waals surface area contributed by atoms with Gasteiger partial charge in [-0.25, -0.2) is 0 Å². The summed E-state index contributed by atoms with van der Waals surface area (Å²) in [5.41, 5.74) is 11.0. The Kier molecular flexibility index (Phi) is 5.43. The van der Waals surface area contributed by atoms with Crippen LogP contribution in [0.15, 0.2) is 84.9 Å². The largest absolute Gasteiger partial charge is 0.399 e. The maximum absolute atomic E-state index is 13.2. The van der Waals surface area contributed by atoms with Crippen LogP contribution in [-0.4, -0.2) is 17.9 Å². The second kappa shape index (κ2) is 8.33. The van der Waals surface area contributed by atoms with Crippen LogP contribution < -0.4 is 5.73 Å². The second-order valence-corrected chi connectivity index (χ2v) is 7.69. The van der Waals surface area contributed by atoms with Crippen molar-refractivity contribution in [3.8, 4) is 17.2 Å². The number of nitrogens with two attached hydrogens (primary N) is 1. The number of nitrogen functional groups attached to an aromatic ring is 1. The first kappa shape index (κ1) is 20.2. The fraction of sp³-hybridized carbons (Fsp3) is 0.111. The van der Waals surface area contributed by atoms with Crippen molar-refractivity contribution in [1.82, 2.24) is 4.90 Å². The van der Waals surface area contributed by atoms with Gasteiger partial charge in [-0.15, -0.1) is 0 Å². The fourth-order valence-electron chi connectivity index (χ4n) is 3.82. The van der Waals surface area contributed by atoms with Gasteiger partial charge in [0.15, 0.2) is 0 Å². The van der Waals surface area contributed by atoms with Gasteiger partial charge in [-0.2, -0.15) is 5.26 Å². The summed E-state index contributed by atoms with van der Waals surface area (Å²) < 4.78 is 0. The van der Waals surface area contributed by atoms with E-state index in [1.165, 1.54) is 0 Å². The van der Waals surface area contributed by atoms with Crippen LogP contribution in [-0.2, 0) is 0 Å². The summed E-state index contributed by atoms with van der Waals surface area (Å²) in [6.45, 7) is 2.04. The molecule has 1 amide bonds. The Hall–Kier alpha value is -4.10. The van der Waals surface area contributed by atoms with Crippen molar-refractivity contribution in [2.75, 3.05) is 12.8 Å². The Morgan fingerprint density at radius 3 is 2.23 bits per heavy atom. The third-order valence-electron chi connectivity index (χ3n) is 5.77. The molecule has 0 aliphatic rings. The molecule has 0 bridgehead atoms. The van der Waals surface area contributed by atoms with Gasteiger partial charge >= 0.3 is 0 Å². The van der Waals surface area contributed by atoms with Gasteiger partial charge in [0.05, 0.1) is 17.7 Å². The van der Waals surface area contributed by atoms with Gasteiger partial charge in [-0.3, -0.25) is 4.79 Å². The third kappa shape index (κ3) is 3.99. The first-order valence-electron chi connectivity index (χ1n) is 10.1. The Morgan fingerprint density at radius 2 is 1.58 bits per heavy atom. The maximum Gasteiger partial charge on any atom is 0.254 e. The zero-order valence-corrected chi connectivity index (χ0v) is 17.5. The van der Waals surface area contributed by atoms with Crippen LogP contribution in [0.5, 0.6) is 0 Å². The number of nitrogens with zero attached hydrogens (tertiary/aromatic N) is 2. The van der Waals surface area contributed by atoms with Crippen LogP contribution >= 0.6 is 0 Å². The highest BCUT2D eigenvalue weighted by atomic mass is 16.2. The molecule has 0 aliphatic carbocycles. The zero-order valence-electron chi connectivity index (χ0n) is 17.5. The number of rotatable bonds is 4. The van der Waals surface area contributed by atoms with E-state index < -0.39 is 0 Å². The number of benzene rings is 4. The number of carbonyl (C=O) groups excluding carboxylic acids is 1. The molecule has 0 heterocycles. The third-order valence-corrected chi connectivity index (χ3v) is 5.77. The second-order valence-electron chi connectivity index (χ2n) is 7.69. The minimum Gasteiger partial charge on any atom is -0.399 e. The molecule has 0 spiro atoms. The summed E-state index contributed by atoms with van der Waals surface area (Å²) >= 11 is 0. The van der Waals surface area contributed by atoms with E-state index >= 15 is 0 Å². The molecule has 0 aromatic heterocycles. The average molecular weight is 406 g/mol. The molecule has 0 saturated heterocycles. The van der Waals surface area contributed by atoms with Crippen molar-refractivity contribution in [2.45, 2.75) is 13.0 Å². The number of nitriles is 1. The summed E-state index contributed by atoms with van der Waals surface area (Å²) in [7, 11) is 1.83. The molecule has 4 aromatic rings. The molecule has 152 valence electrons. The van der Waals surface area contributed by atoms with Gasteiger partial charge in [0, 0.05) is 18.3 Å². The van der Waals surface area contributed by atoms with Gasteiger partial charge in [-0.1, -0.05) is 48.5 Å². The first-order valence-corrected chi connectivity index (χ1v) is 10.1. The first-order chi connectivity index (χ1) is 15.0. The minimum absolute atomic E-state index is 0.0358. The van der Waals surface area contributed by atoms with E-state index in [4.69, 9.17) is 11.0 Å². The summed E-state index contributed by atoms with van der Waals surface area (Å²) in [5, 5.41) is 11.1. The van der Waals surface area contributed by atoms with Crippen molar-refractivity contribution >= 4 is 22.4 Å². The van der Waals surface area contributed by atoms with Crippen molar-refractivity contribution in [1.29, 1.82) is 5.26 Å². The molecular weight excluding hydrogens is 382 g/mol. The Balaban J connectivity index is 1.57. The van der Waals surface area contributed by atoms with Gasteiger partial charge in [0.25, 0.3) is 5.91 Å². The van der Waals surface area contributed by atoms with E-state index in [0.29, 0.717) is 11.1 Å². The molecule has 1 atom stereocenters. The van der Waals surface area contributed by atoms with Crippen LogP contribution in [0.2, 0.25) is 0 Å². The summed E-state index contributed by atoms with van der Waals surface area (Å²) in [5.74, 6) is -0.0358. The van der Waals surface area contributed by atoms with E-state index in [-0.39, 0.29) is 11.9 Å². The van der Waals surface area contributed by atoms with Crippen molar-refractivity contribution in [3.63, 3.8) is 0 Å². The molecular formula is C27H23N3O. The summed E-state index contributed by atoms with van der Waals surface area (Å²) in [6, 6.07) is 29.0. The quantitative estimate of drug-likeness (QED) is 0.437. The summed E-state index contributed by atoms with van der Waals surface area (Å²) in [6.07, 6.45) is 0. The number of carbonyl (C=O) groups is 1. The lowest BCUT2D eigenvalue weighted by molar-refractivity contribution is 0.0743. The van der Waals surface area contributed by atoms with E-state index in [1.807, 2.05) is 80.7 Å². The molecule has 0 aliphatic heterocycles. The molecule has 0 saturated carbocycles. The SMILES string of the molecule is CC(c1cccc2cc(N)ccc12)N(C)C(=O)c1ccc(-c2ccc(C#N)cc2)cc1. The van der Waals surface area contributed by atoms with E-state index in [2.05, 4.69) is 12.1 Å². The number of hydrogen-bond acceptors (Lipinski definition) is 3. The molecule has 0 radical (unpaired) electrons. The van der Waals surface area contributed by atoms with E-state index in [9.17, 15) is 4.79 Å². The van der Waals surface area contributed by atoms with Crippen LogP contribution in [0.1, 0.15) is 34.5 Å². The van der Waals surface area contributed by atoms with E-state index in [0.717, 1.165) is 33.2 Å². The minimum atomic E-state index is -0.0990. The zero-order chi connectivity index (χ0) is 22.0. The predicted molar refractivity (Wildman–Crippen MR) is 125 cm³/mol. The van der Waals surface area contributed by atoms with Crippen LogP contribution in [0.4, 0.5) is 5.69 Å². The van der Waals surface area contributed by atoms with Gasteiger partial charge in [-0.05, 0) is 70.8 Å². The lowest BCUT2D eigenvalue weighted by atomic mass is 9.97. The Morgan fingerprint density at radius 1 is 0.935 bits per heavy atom. The predicted octanol–water partition coefficient (Wildman–Crippen LogP) is 5.79. The number of hydrogen-bond donors (Lipinski definition) is 1. The van der Waals surface area contributed by atoms with E-state index in [1.54, 1.807) is 17.0 Å². The molecule has 4 heteroatoms. The molecule has 4 rings (SSSR count). The monoisotopic (exact) mass is 405 g/mol. The molecule has 4 nitrogen and oxygen atoms in total.